The molecule has 0 aliphatic carbocycles. The molecule has 1 fully saturated rings. The minimum Gasteiger partial charge on any atom is -0.357 e. The molecule has 1 aromatic heterocycles. The second-order valence-electron chi connectivity index (χ2n) is 3.77. The third-order valence-electron chi connectivity index (χ3n) is 2.76. The zero-order valence-corrected chi connectivity index (χ0v) is 10.6. The van der Waals surface area contributed by atoms with Crippen LogP contribution in [0, 0.1) is 0 Å². The molecular formula is C10H14ClN3OS. The molecule has 0 aromatic carbocycles. The predicted molar refractivity (Wildman–Crippen MR) is 66.2 cm³/mol. The van der Waals surface area contributed by atoms with E-state index in [1.807, 2.05) is 0 Å². The second kappa shape index (κ2) is 5.01. The average molecular weight is 260 g/mol. The molecule has 16 heavy (non-hydrogen) atoms. The number of nitrogens with one attached hydrogen (secondary N) is 1. The summed E-state index contributed by atoms with van der Waals surface area (Å²) in [4.78, 5) is 18.0. The van der Waals surface area contributed by atoms with Gasteiger partial charge in [0.2, 0.25) is 5.91 Å². The lowest BCUT2D eigenvalue weighted by atomic mass is 10.0. The molecular weight excluding hydrogens is 246 g/mol. The Kier molecular flexibility index (Phi) is 3.66. The Bertz CT molecular complexity index is 382. The van der Waals surface area contributed by atoms with Crippen LogP contribution < -0.4 is 10.2 Å². The zero-order chi connectivity index (χ0) is 11.5. The fraction of sp³-hybridized carbons (Fsp3) is 0.600. The van der Waals surface area contributed by atoms with Gasteiger partial charge in [0.25, 0.3) is 0 Å². The van der Waals surface area contributed by atoms with Gasteiger partial charge in [-0.2, -0.15) is 0 Å². The van der Waals surface area contributed by atoms with Gasteiger partial charge < -0.3 is 10.2 Å². The largest absolute Gasteiger partial charge is 0.357 e. The summed E-state index contributed by atoms with van der Waals surface area (Å²) in [7, 11) is 1.67. The lowest BCUT2D eigenvalue weighted by Gasteiger charge is -2.34. The number of nitrogens with zero attached hydrogens (tertiary/aromatic N) is 2. The smallest absolute Gasteiger partial charge is 0.242 e. The van der Waals surface area contributed by atoms with Gasteiger partial charge in [0, 0.05) is 19.0 Å². The molecule has 0 saturated carbocycles. The first-order valence-corrected chi connectivity index (χ1v) is 6.57. The van der Waals surface area contributed by atoms with Crippen molar-refractivity contribution in [1.29, 1.82) is 0 Å². The van der Waals surface area contributed by atoms with E-state index in [1.165, 1.54) is 11.3 Å². The highest BCUT2D eigenvalue weighted by atomic mass is 35.5. The van der Waals surface area contributed by atoms with Gasteiger partial charge in [-0.3, -0.25) is 4.79 Å². The van der Waals surface area contributed by atoms with E-state index in [4.69, 9.17) is 11.6 Å². The zero-order valence-electron chi connectivity index (χ0n) is 9.07. The summed E-state index contributed by atoms with van der Waals surface area (Å²) in [5.74, 6) is 0.0611. The minimum absolute atomic E-state index is 0.0611. The Hall–Kier alpha value is -0.810. The van der Waals surface area contributed by atoms with E-state index in [0.29, 0.717) is 5.15 Å². The maximum atomic E-state index is 11.7. The topological polar surface area (TPSA) is 45.2 Å². The van der Waals surface area contributed by atoms with Gasteiger partial charge in [0.1, 0.15) is 11.2 Å². The second-order valence-corrected chi connectivity index (χ2v) is 5.00. The van der Waals surface area contributed by atoms with Crippen LogP contribution in [0.1, 0.15) is 19.3 Å². The number of rotatable bonds is 2. The van der Waals surface area contributed by atoms with E-state index in [9.17, 15) is 4.79 Å². The van der Waals surface area contributed by atoms with Crippen molar-refractivity contribution in [2.45, 2.75) is 25.3 Å². The molecule has 4 nitrogen and oxygen atoms in total. The molecule has 6 heteroatoms. The predicted octanol–water partition coefficient (Wildman–Crippen LogP) is 1.90. The van der Waals surface area contributed by atoms with E-state index >= 15 is 0 Å². The van der Waals surface area contributed by atoms with Gasteiger partial charge in [-0.25, -0.2) is 4.98 Å². The van der Waals surface area contributed by atoms with E-state index < -0.39 is 0 Å². The van der Waals surface area contributed by atoms with Crippen molar-refractivity contribution in [1.82, 2.24) is 10.3 Å². The highest BCUT2D eigenvalue weighted by molar-refractivity contribution is 7.14. The number of amides is 1. The summed E-state index contributed by atoms with van der Waals surface area (Å²) in [6.07, 6.45) is 3.08. The summed E-state index contributed by atoms with van der Waals surface area (Å²) in [5.41, 5.74) is 0. The molecule has 1 amide bonds. The molecule has 1 aliphatic heterocycles. The summed E-state index contributed by atoms with van der Waals surface area (Å²) in [6, 6.07) is -0.0963. The third-order valence-corrected chi connectivity index (χ3v) is 3.96. The molecule has 1 N–H and O–H groups in total. The van der Waals surface area contributed by atoms with Crippen molar-refractivity contribution < 1.29 is 4.79 Å². The number of thiazole rings is 1. The molecule has 1 aliphatic rings. The Morgan fingerprint density at radius 2 is 2.50 bits per heavy atom. The summed E-state index contributed by atoms with van der Waals surface area (Å²) in [6.45, 7) is 0.877. The van der Waals surface area contributed by atoms with Crippen LogP contribution in [0.25, 0.3) is 0 Å². The lowest BCUT2D eigenvalue weighted by Crippen LogP contribution is -2.48. The first kappa shape index (κ1) is 11.7. The van der Waals surface area contributed by atoms with Crippen LogP contribution in [0.2, 0.25) is 5.15 Å². The number of aromatic nitrogens is 1. The number of hydrogen-bond donors (Lipinski definition) is 1. The third kappa shape index (κ3) is 2.30. The summed E-state index contributed by atoms with van der Waals surface area (Å²) < 4.78 is 0. The SMILES string of the molecule is CNC(=O)C1CCCCN1c1nc(Cl)cs1. The molecule has 1 unspecified atom stereocenters. The molecule has 1 saturated heterocycles. The number of hydrogen-bond acceptors (Lipinski definition) is 4. The molecule has 0 radical (unpaired) electrons. The van der Waals surface area contributed by atoms with E-state index in [0.717, 1.165) is 30.9 Å². The molecule has 2 rings (SSSR count). The highest BCUT2D eigenvalue weighted by Crippen LogP contribution is 2.29. The molecule has 1 atom stereocenters. The minimum atomic E-state index is -0.0963. The van der Waals surface area contributed by atoms with E-state index in [-0.39, 0.29) is 11.9 Å². The van der Waals surface area contributed by atoms with Crippen LogP contribution in [0.5, 0.6) is 0 Å². The number of carbonyl (C=O) groups excluding carboxylic acids is 1. The van der Waals surface area contributed by atoms with E-state index in [2.05, 4.69) is 15.2 Å². The van der Waals surface area contributed by atoms with Crippen molar-refractivity contribution in [3.8, 4) is 0 Å². The van der Waals surface area contributed by atoms with Gasteiger partial charge in [-0.15, -0.1) is 11.3 Å². The van der Waals surface area contributed by atoms with Gasteiger partial charge in [0.05, 0.1) is 0 Å². The number of carbonyl (C=O) groups is 1. The quantitative estimate of drug-likeness (QED) is 0.882. The Labute approximate surface area is 104 Å². The van der Waals surface area contributed by atoms with Gasteiger partial charge in [-0.1, -0.05) is 11.6 Å². The van der Waals surface area contributed by atoms with Crippen LogP contribution in [0.15, 0.2) is 5.38 Å². The van der Waals surface area contributed by atoms with Crippen LogP contribution in [0.4, 0.5) is 5.13 Å². The summed E-state index contributed by atoms with van der Waals surface area (Å²) in [5, 5.41) is 5.85. The maximum Gasteiger partial charge on any atom is 0.242 e. The average Bonchev–Trinajstić information content (AvgIpc) is 2.75. The Morgan fingerprint density at radius 3 is 3.12 bits per heavy atom. The van der Waals surface area contributed by atoms with Crippen LogP contribution in [-0.4, -0.2) is 30.5 Å². The molecule has 0 bridgehead atoms. The molecule has 2 heterocycles. The number of piperidine rings is 1. The number of halogens is 1. The van der Waals surface area contributed by atoms with Crippen molar-refractivity contribution >= 4 is 34.0 Å². The monoisotopic (exact) mass is 259 g/mol. The Morgan fingerprint density at radius 1 is 1.69 bits per heavy atom. The lowest BCUT2D eigenvalue weighted by molar-refractivity contribution is -0.122. The van der Waals surface area contributed by atoms with E-state index in [1.54, 1.807) is 12.4 Å². The van der Waals surface area contributed by atoms with Crippen molar-refractivity contribution in [3.05, 3.63) is 10.5 Å². The van der Waals surface area contributed by atoms with Gasteiger partial charge in [-0.05, 0) is 19.3 Å². The van der Waals surface area contributed by atoms with Gasteiger partial charge >= 0.3 is 0 Å². The van der Waals surface area contributed by atoms with Crippen molar-refractivity contribution in [2.75, 3.05) is 18.5 Å². The molecule has 88 valence electrons. The van der Waals surface area contributed by atoms with Crippen LogP contribution in [0.3, 0.4) is 0 Å². The van der Waals surface area contributed by atoms with Crippen molar-refractivity contribution in [3.63, 3.8) is 0 Å². The summed E-state index contributed by atoms with van der Waals surface area (Å²) >= 11 is 7.30. The molecule has 0 spiro atoms. The van der Waals surface area contributed by atoms with Crippen LogP contribution in [-0.2, 0) is 4.79 Å². The fourth-order valence-electron chi connectivity index (χ4n) is 1.98. The first-order chi connectivity index (χ1) is 7.72. The highest BCUT2D eigenvalue weighted by Gasteiger charge is 2.29. The van der Waals surface area contributed by atoms with Gasteiger partial charge in [0.15, 0.2) is 5.13 Å². The number of anilines is 1. The standard InChI is InChI=1S/C10H14ClN3OS/c1-12-9(15)7-4-2-3-5-14(7)10-13-8(11)6-16-10/h6-7H,2-5H2,1H3,(H,12,15). The normalized spacial score (nSPS) is 20.9. The number of likely N-dealkylation sites (N-methyl/N-ethyl adjacent to an activating group) is 1. The first-order valence-electron chi connectivity index (χ1n) is 5.31. The van der Waals surface area contributed by atoms with Crippen LogP contribution >= 0.6 is 22.9 Å². The maximum absolute atomic E-state index is 11.7. The van der Waals surface area contributed by atoms with Crippen molar-refractivity contribution in [2.24, 2.45) is 0 Å². The fourth-order valence-corrected chi connectivity index (χ4v) is 3.00. The molecule has 1 aromatic rings. The Balaban J connectivity index is 2.19.